The second-order valence-electron chi connectivity index (χ2n) is 4.58. The number of ether oxygens (including phenoxy) is 1. The zero-order valence-corrected chi connectivity index (χ0v) is 12.5. The second kappa shape index (κ2) is 8.44. The van der Waals surface area contributed by atoms with Crippen LogP contribution >= 0.6 is 11.8 Å². The summed E-state index contributed by atoms with van der Waals surface area (Å²) < 4.78 is 5.56. The van der Waals surface area contributed by atoms with Crippen molar-refractivity contribution in [3.8, 4) is 5.75 Å². The molecular formula is C15H25NOS. The van der Waals surface area contributed by atoms with Gasteiger partial charge in [-0.15, -0.1) is 0 Å². The van der Waals surface area contributed by atoms with Gasteiger partial charge in [-0.1, -0.05) is 32.9 Å². The van der Waals surface area contributed by atoms with Crippen LogP contribution in [0.1, 0.15) is 45.2 Å². The maximum Gasteiger partial charge on any atom is 0.119 e. The Morgan fingerprint density at radius 2 is 1.89 bits per heavy atom. The van der Waals surface area contributed by atoms with E-state index in [-0.39, 0.29) is 6.04 Å². The third kappa shape index (κ3) is 5.32. The van der Waals surface area contributed by atoms with Crippen LogP contribution in [0.3, 0.4) is 0 Å². The van der Waals surface area contributed by atoms with Gasteiger partial charge in [0.1, 0.15) is 5.75 Å². The highest BCUT2D eigenvalue weighted by Crippen LogP contribution is 2.22. The number of hydrogen-bond acceptors (Lipinski definition) is 3. The molecule has 0 heterocycles. The van der Waals surface area contributed by atoms with E-state index < -0.39 is 0 Å². The third-order valence-corrected chi connectivity index (χ3v) is 4.37. The summed E-state index contributed by atoms with van der Waals surface area (Å²) in [5.41, 5.74) is 7.38. The Bertz CT molecular complexity index is 326. The van der Waals surface area contributed by atoms with Gasteiger partial charge in [-0.3, -0.25) is 0 Å². The Kier molecular flexibility index (Phi) is 7.21. The molecule has 0 radical (unpaired) electrons. The van der Waals surface area contributed by atoms with E-state index in [2.05, 4.69) is 32.9 Å². The molecule has 0 spiro atoms. The smallest absolute Gasteiger partial charge is 0.119 e. The summed E-state index contributed by atoms with van der Waals surface area (Å²) in [5, 5.41) is 0.684. The van der Waals surface area contributed by atoms with Gasteiger partial charge in [0.25, 0.3) is 0 Å². The maximum absolute atomic E-state index is 6.19. The molecule has 2 N–H and O–H groups in total. The zero-order valence-electron chi connectivity index (χ0n) is 11.7. The van der Waals surface area contributed by atoms with Crippen LogP contribution < -0.4 is 10.5 Å². The Balaban J connectivity index is 2.45. The predicted molar refractivity (Wildman–Crippen MR) is 81.4 cm³/mol. The van der Waals surface area contributed by atoms with Crippen molar-refractivity contribution in [2.45, 2.75) is 44.9 Å². The Morgan fingerprint density at radius 3 is 2.44 bits per heavy atom. The summed E-state index contributed by atoms with van der Waals surface area (Å²) in [7, 11) is 0. The highest BCUT2D eigenvalue weighted by molar-refractivity contribution is 7.99. The molecule has 1 aromatic rings. The quantitative estimate of drug-likeness (QED) is 0.773. The van der Waals surface area contributed by atoms with Gasteiger partial charge in [0.05, 0.1) is 6.61 Å². The van der Waals surface area contributed by atoms with E-state index in [9.17, 15) is 0 Å². The second-order valence-corrected chi connectivity index (χ2v) is 6.05. The van der Waals surface area contributed by atoms with E-state index in [1.165, 1.54) is 12.0 Å². The molecule has 1 rings (SSSR count). The van der Waals surface area contributed by atoms with E-state index in [1.807, 2.05) is 23.9 Å². The first kappa shape index (κ1) is 15.4. The SMILES string of the molecule is CCCOc1ccc(C(N)CSC(C)CC)cc1. The fraction of sp³-hybridized carbons (Fsp3) is 0.600. The Hall–Kier alpha value is -0.670. The van der Waals surface area contributed by atoms with Crippen molar-refractivity contribution < 1.29 is 4.74 Å². The molecule has 102 valence electrons. The fourth-order valence-electron chi connectivity index (χ4n) is 1.51. The molecule has 0 aliphatic rings. The van der Waals surface area contributed by atoms with Crippen LogP contribution in [0.15, 0.2) is 24.3 Å². The summed E-state index contributed by atoms with van der Waals surface area (Å²) in [5.74, 6) is 1.91. The van der Waals surface area contributed by atoms with Crippen LogP contribution in [0.25, 0.3) is 0 Å². The van der Waals surface area contributed by atoms with Crippen molar-refractivity contribution in [3.63, 3.8) is 0 Å². The first-order valence-electron chi connectivity index (χ1n) is 6.77. The van der Waals surface area contributed by atoms with Crippen molar-refractivity contribution in [2.24, 2.45) is 5.73 Å². The lowest BCUT2D eigenvalue weighted by Gasteiger charge is -2.15. The van der Waals surface area contributed by atoms with Crippen LogP contribution in [0.4, 0.5) is 0 Å². The molecule has 0 bridgehead atoms. The highest BCUT2D eigenvalue weighted by Gasteiger charge is 2.08. The lowest BCUT2D eigenvalue weighted by Crippen LogP contribution is -2.14. The first-order chi connectivity index (χ1) is 8.67. The van der Waals surface area contributed by atoms with E-state index in [0.717, 1.165) is 24.5 Å². The first-order valence-corrected chi connectivity index (χ1v) is 7.82. The predicted octanol–water partition coefficient (Wildman–Crippen LogP) is 4.01. The molecule has 3 heteroatoms. The number of benzene rings is 1. The van der Waals surface area contributed by atoms with E-state index in [0.29, 0.717) is 5.25 Å². The van der Waals surface area contributed by atoms with Crippen LogP contribution in [-0.4, -0.2) is 17.6 Å². The molecule has 18 heavy (non-hydrogen) atoms. The molecule has 0 fully saturated rings. The van der Waals surface area contributed by atoms with Gasteiger partial charge < -0.3 is 10.5 Å². The van der Waals surface area contributed by atoms with Gasteiger partial charge in [0.15, 0.2) is 0 Å². The molecule has 0 saturated heterocycles. The monoisotopic (exact) mass is 267 g/mol. The molecule has 0 aromatic heterocycles. The van der Waals surface area contributed by atoms with Gasteiger partial charge in [0, 0.05) is 17.0 Å². The normalized spacial score (nSPS) is 14.2. The van der Waals surface area contributed by atoms with Crippen molar-refractivity contribution in [2.75, 3.05) is 12.4 Å². The lowest BCUT2D eigenvalue weighted by molar-refractivity contribution is 0.317. The summed E-state index contributed by atoms with van der Waals surface area (Å²) in [6, 6.07) is 8.29. The van der Waals surface area contributed by atoms with E-state index >= 15 is 0 Å². The number of hydrogen-bond donors (Lipinski definition) is 1. The van der Waals surface area contributed by atoms with Gasteiger partial charge in [-0.25, -0.2) is 0 Å². The van der Waals surface area contributed by atoms with Gasteiger partial charge in [-0.05, 0) is 30.5 Å². The molecule has 2 atom stereocenters. The Morgan fingerprint density at radius 1 is 1.22 bits per heavy atom. The van der Waals surface area contributed by atoms with Crippen molar-refractivity contribution in [1.29, 1.82) is 0 Å². The minimum atomic E-state index is 0.115. The molecule has 2 nitrogen and oxygen atoms in total. The largest absolute Gasteiger partial charge is 0.494 e. The number of rotatable bonds is 8. The number of nitrogens with two attached hydrogens (primary N) is 1. The standard InChI is InChI=1S/C15H25NOS/c1-4-10-17-14-8-6-13(7-9-14)15(16)11-18-12(3)5-2/h6-9,12,15H,4-5,10-11,16H2,1-3H3. The van der Waals surface area contributed by atoms with Crippen molar-refractivity contribution >= 4 is 11.8 Å². The maximum atomic E-state index is 6.19. The van der Waals surface area contributed by atoms with Gasteiger partial charge in [-0.2, -0.15) is 11.8 Å². The molecule has 2 unspecified atom stereocenters. The van der Waals surface area contributed by atoms with Gasteiger partial charge >= 0.3 is 0 Å². The highest BCUT2D eigenvalue weighted by atomic mass is 32.2. The summed E-state index contributed by atoms with van der Waals surface area (Å²) >= 11 is 1.94. The summed E-state index contributed by atoms with van der Waals surface area (Å²) in [4.78, 5) is 0. The molecular weight excluding hydrogens is 242 g/mol. The van der Waals surface area contributed by atoms with E-state index in [4.69, 9.17) is 10.5 Å². The minimum Gasteiger partial charge on any atom is -0.494 e. The van der Waals surface area contributed by atoms with Crippen molar-refractivity contribution in [1.82, 2.24) is 0 Å². The topological polar surface area (TPSA) is 35.2 Å². The van der Waals surface area contributed by atoms with Crippen molar-refractivity contribution in [3.05, 3.63) is 29.8 Å². The fourth-order valence-corrected chi connectivity index (χ4v) is 2.48. The van der Waals surface area contributed by atoms with Crippen LogP contribution in [-0.2, 0) is 0 Å². The molecule has 0 amide bonds. The zero-order chi connectivity index (χ0) is 13.4. The Labute approximate surface area is 115 Å². The molecule has 0 aliphatic heterocycles. The number of thioether (sulfide) groups is 1. The van der Waals surface area contributed by atoms with Crippen LogP contribution in [0.5, 0.6) is 5.75 Å². The average Bonchev–Trinajstić information content (AvgIpc) is 2.42. The van der Waals surface area contributed by atoms with Crippen LogP contribution in [0.2, 0.25) is 0 Å². The molecule has 1 aromatic carbocycles. The third-order valence-electron chi connectivity index (χ3n) is 2.92. The lowest BCUT2D eigenvalue weighted by atomic mass is 10.1. The summed E-state index contributed by atoms with van der Waals surface area (Å²) in [6.45, 7) is 7.34. The summed E-state index contributed by atoms with van der Waals surface area (Å²) in [6.07, 6.45) is 2.23. The average molecular weight is 267 g/mol. The minimum absolute atomic E-state index is 0.115. The van der Waals surface area contributed by atoms with Gasteiger partial charge in [0.2, 0.25) is 0 Å². The van der Waals surface area contributed by atoms with Crippen LogP contribution in [0, 0.1) is 0 Å². The molecule has 0 aliphatic carbocycles. The molecule has 0 saturated carbocycles. The van der Waals surface area contributed by atoms with E-state index in [1.54, 1.807) is 0 Å².